The molecule has 0 amide bonds. The number of hydrogen-bond acceptors (Lipinski definition) is 1. The summed E-state index contributed by atoms with van der Waals surface area (Å²) in [7, 11) is 0. The highest BCUT2D eigenvalue weighted by Crippen LogP contribution is 2.31. The van der Waals surface area contributed by atoms with Crippen LogP contribution in [-0.4, -0.2) is 6.54 Å². The van der Waals surface area contributed by atoms with Gasteiger partial charge in [-0.3, -0.25) is 0 Å². The van der Waals surface area contributed by atoms with E-state index in [4.69, 9.17) is 0 Å². The number of benzene rings is 2. The van der Waals surface area contributed by atoms with Gasteiger partial charge in [-0.05, 0) is 50.8 Å². The van der Waals surface area contributed by atoms with Crippen molar-refractivity contribution in [2.75, 3.05) is 11.4 Å². The van der Waals surface area contributed by atoms with Crippen molar-refractivity contribution >= 4 is 5.69 Å². The lowest BCUT2D eigenvalue weighted by atomic mass is 10.0. The van der Waals surface area contributed by atoms with Crippen molar-refractivity contribution < 1.29 is 0 Å². The first-order valence-corrected chi connectivity index (χ1v) is 8.49. The molecule has 0 radical (unpaired) electrons. The number of hydrogen-bond donors (Lipinski definition) is 0. The van der Waals surface area contributed by atoms with E-state index in [1.54, 1.807) is 0 Å². The van der Waals surface area contributed by atoms with E-state index >= 15 is 0 Å². The Hall–Kier alpha value is -1.76. The molecular formula is C21H29N. The molecule has 1 atom stereocenters. The van der Waals surface area contributed by atoms with Crippen molar-refractivity contribution in [3.63, 3.8) is 0 Å². The third kappa shape index (κ3) is 3.71. The van der Waals surface area contributed by atoms with E-state index in [0.717, 1.165) is 19.4 Å². The SMILES string of the molecule is CCCN(c1ccc(C)cc1CC)[C@@H](C)c1ccc(C)cc1. The van der Waals surface area contributed by atoms with Crippen molar-refractivity contribution in [1.29, 1.82) is 0 Å². The van der Waals surface area contributed by atoms with E-state index in [2.05, 4.69) is 82.0 Å². The van der Waals surface area contributed by atoms with Crippen molar-refractivity contribution in [2.24, 2.45) is 0 Å². The predicted octanol–water partition coefficient (Wildman–Crippen LogP) is 5.84. The normalized spacial score (nSPS) is 12.2. The van der Waals surface area contributed by atoms with Gasteiger partial charge < -0.3 is 4.90 Å². The quantitative estimate of drug-likeness (QED) is 0.646. The molecule has 2 rings (SSSR count). The molecule has 0 aliphatic rings. The van der Waals surface area contributed by atoms with Gasteiger partial charge in [0.15, 0.2) is 0 Å². The molecule has 2 aromatic carbocycles. The van der Waals surface area contributed by atoms with Crippen LogP contribution in [0, 0.1) is 13.8 Å². The van der Waals surface area contributed by atoms with Gasteiger partial charge in [-0.1, -0.05) is 61.4 Å². The Morgan fingerprint density at radius 2 is 1.55 bits per heavy atom. The molecule has 0 spiro atoms. The fraction of sp³-hybridized carbons (Fsp3) is 0.429. The Kier molecular flexibility index (Phi) is 5.65. The van der Waals surface area contributed by atoms with Gasteiger partial charge in [-0.15, -0.1) is 0 Å². The van der Waals surface area contributed by atoms with Gasteiger partial charge in [0.1, 0.15) is 0 Å². The maximum absolute atomic E-state index is 2.56. The van der Waals surface area contributed by atoms with Gasteiger partial charge in [0.2, 0.25) is 0 Å². The molecule has 0 saturated heterocycles. The van der Waals surface area contributed by atoms with Gasteiger partial charge in [0, 0.05) is 12.2 Å². The second-order valence-corrected chi connectivity index (χ2v) is 6.27. The third-order valence-electron chi connectivity index (χ3n) is 4.42. The van der Waals surface area contributed by atoms with Gasteiger partial charge in [-0.25, -0.2) is 0 Å². The van der Waals surface area contributed by atoms with E-state index < -0.39 is 0 Å². The Bertz CT molecular complexity index is 598. The van der Waals surface area contributed by atoms with Gasteiger partial charge >= 0.3 is 0 Å². The largest absolute Gasteiger partial charge is 0.365 e. The highest BCUT2D eigenvalue weighted by atomic mass is 15.2. The van der Waals surface area contributed by atoms with Crippen molar-refractivity contribution in [3.8, 4) is 0 Å². The predicted molar refractivity (Wildman–Crippen MR) is 97.8 cm³/mol. The Labute approximate surface area is 136 Å². The minimum atomic E-state index is 0.397. The molecule has 0 fully saturated rings. The molecule has 1 nitrogen and oxygen atoms in total. The maximum Gasteiger partial charge on any atom is 0.0514 e. The van der Waals surface area contributed by atoms with Crippen molar-refractivity contribution in [2.45, 2.75) is 53.5 Å². The van der Waals surface area contributed by atoms with Crippen LogP contribution < -0.4 is 4.90 Å². The smallest absolute Gasteiger partial charge is 0.0514 e. The standard InChI is InChI=1S/C21H29N/c1-6-14-22(18(5)20-11-8-16(3)9-12-20)21-13-10-17(4)15-19(21)7-2/h8-13,15,18H,6-7,14H2,1-5H3/t18-/m0/s1. The highest BCUT2D eigenvalue weighted by Gasteiger charge is 2.18. The Morgan fingerprint density at radius 1 is 0.909 bits per heavy atom. The van der Waals surface area contributed by atoms with Crippen LogP contribution in [0.25, 0.3) is 0 Å². The lowest BCUT2D eigenvalue weighted by Crippen LogP contribution is -2.28. The van der Waals surface area contributed by atoms with Crippen LogP contribution in [0.4, 0.5) is 5.69 Å². The molecule has 0 saturated carbocycles. The minimum absolute atomic E-state index is 0.397. The molecule has 0 N–H and O–H groups in total. The molecule has 22 heavy (non-hydrogen) atoms. The number of aryl methyl sites for hydroxylation is 3. The second kappa shape index (κ2) is 7.49. The van der Waals surface area contributed by atoms with Crippen LogP contribution in [0.3, 0.4) is 0 Å². The fourth-order valence-corrected chi connectivity index (χ4v) is 3.07. The van der Waals surface area contributed by atoms with E-state index in [1.165, 1.54) is 27.9 Å². The summed E-state index contributed by atoms with van der Waals surface area (Å²) in [5, 5.41) is 0. The van der Waals surface area contributed by atoms with E-state index in [9.17, 15) is 0 Å². The molecule has 0 aliphatic heterocycles. The van der Waals surface area contributed by atoms with Crippen LogP contribution >= 0.6 is 0 Å². The number of anilines is 1. The first-order chi connectivity index (χ1) is 10.6. The zero-order valence-corrected chi connectivity index (χ0v) is 14.7. The topological polar surface area (TPSA) is 3.24 Å². The van der Waals surface area contributed by atoms with Crippen LogP contribution in [0.2, 0.25) is 0 Å². The van der Waals surface area contributed by atoms with Crippen LogP contribution in [0.5, 0.6) is 0 Å². The lowest BCUT2D eigenvalue weighted by molar-refractivity contribution is 0.656. The lowest BCUT2D eigenvalue weighted by Gasteiger charge is -2.33. The summed E-state index contributed by atoms with van der Waals surface area (Å²) in [6.07, 6.45) is 2.24. The third-order valence-corrected chi connectivity index (χ3v) is 4.42. The molecule has 1 heteroatoms. The second-order valence-electron chi connectivity index (χ2n) is 6.27. The minimum Gasteiger partial charge on any atom is -0.365 e. The summed E-state index contributed by atoms with van der Waals surface area (Å²) in [5.74, 6) is 0. The number of nitrogens with zero attached hydrogens (tertiary/aromatic N) is 1. The Balaban J connectivity index is 2.39. The molecule has 0 heterocycles. The van der Waals surface area contributed by atoms with Crippen LogP contribution in [0.15, 0.2) is 42.5 Å². The van der Waals surface area contributed by atoms with E-state index in [-0.39, 0.29) is 0 Å². The molecule has 118 valence electrons. The van der Waals surface area contributed by atoms with Crippen molar-refractivity contribution in [1.82, 2.24) is 0 Å². The monoisotopic (exact) mass is 295 g/mol. The first kappa shape index (κ1) is 16.6. The van der Waals surface area contributed by atoms with E-state index in [1.807, 2.05) is 0 Å². The molecule has 0 unspecified atom stereocenters. The average Bonchev–Trinajstić information content (AvgIpc) is 2.53. The first-order valence-electron chi connectivity index (χ1n) is 8.49. The molecule has 0 bridgehead atoms. The molecule has 0 aromatic heterocycles. The molecule has 2 aromatic rings. The van der Waals surface area contributed by atoms with Crippen molar-refractivity contribution in [3.05, 3.63) is 64.7 Å². The summed E-state index contributed by atoms with van der Waals surface area (Å²) in [6, 6.07) is 16.2. The summed E-state index contributed by atoms with van der Waals surface area (Å²) in [4.78, 5) is 2.56. The fourth-order valence-electron chi connectivity index (χ4n) is 3.07. The molecular weight excluding hydrogens is 266 g/mol. The average molecular weight is 295 g/mol. The van der Waals surface area contributed by atoms with Gasteiger partial charge in [0.05, 0.1) is 6.04 Å². The summed E-state index contributed by atoms with van der Waals surface area (Å²) >= 11 is 0. The Morgan fingerprint density at radius 3 is 2.14 bits per heavy atom. The molecule has 0 aliphatic carbocycles. The van der Waals surface area contributed by atoms with Crippen LogP contribution in [-0.2, 0) is 6.42 Å². The summed E-state index contributed by atoms with van der Waals surface area (Å²) in [6.45, 7) is 12.2. The highest BCUT2D eigenvalue weighted by molar-refractivity contribution is 5.56. The van der Waals surface area contributed by atoms with Gasteiger partial charge in [-0.2, -0.15) is 0 Å². The zero-order chi connectivity index (χ0) is 16.1. The summed E-state index contributed by atoms with van der Waals surface area (Å²) < 4.78 is 0. The maximum atomic E-state index is 2.56. The number of rotatable bonds is 6. The van der Waals surface area contributed by atoms with Gasteiger partial charge in [0.25, 0.3) is 0 Å². The van der Waals surface area contributed by atoms with Crippen LogP contribution in [0.1, 0.15) is 55.5 Å². The van der Waals surface area contributed by atoms with E-state index in [0.29, 0.717) is 6.04 Å². The zero-order valence-electron chi connectivity index (χ0n) is 14.7. The summed E-state index contributed by atoms with van der Waals surface area (Å²) in [5.41, 5.74) is 6.90.